The lowest BCUT2D eigenvalue weighted by molar-refractivity contribution is -0.387. The van der Waals surface area contributed by atoms with Crippen LogP contribution in [0.3, 0.4) is 0 Å². The van der Waals surface area contributed by atoms with Crippen molar-refractivity contribution in [3.05, 3.63) is 68.5 Å². The highest BCUT2D eigenvalue weighted by Gasteiger charge is 2.17. The first kappa shape index (κ1) is 14.8. The highest BCUT2D eigenvalue weighted by Crippen LogP contribution is 2.24. The molecule has 1 N–H and O–H groups in total. The van der Waals surface area contributed by atoms with E-state index in [1.165, 1.54) is 24.3 Å². The van der Waals surface area contributed by atoms with Gasteiger partial charge in [-0.15, -0.1) is 0 Å². The minimum atomic E-state index is -0.893. The molecule has 0 saturated carbocycles. The van der Waals surface area contributed by atoms with Gasteiger partial charge in [0.15, 0.2) is 0 Å². The number of nitrogens with zero attached hydrogens (tertiary/aromatic N) is 2. The molecule has 7 heteroatoms. The van der Waals surface area contributed by atoms with Crippen molar-refractivity contribution in [3.63, 3.8) is 0 Å². The van der Waals surface area contributed by atoms with Crippen molar-refractivity contribution >= 4 is 23.0 Å². The number of nitro benzene ring substituents is 1. The third-order valence-corrected chi connectivity index (χ3v) is 3.06. The number of benzene rings is 2. The molecule has 0 aliphatic heterocycles. The van der Waals surface area contributed by atoms with Crippen LogP contribution in [0.25, 0.3) is 0 Å². The molecule has 0 unspecified atom stereocenters. The molecule has 0 fully saturated rings. The van der Waals surface area contributed by atoms with Gasteiger partial charge >= 0.3 is 5.69 Å². The lowest BCUT2D eigenvalue weighted by Gasteiger charge is -2.09. The van der Waals surface area contributed by atoms with Gasteiger partial charge < -0.3 is 5.32 Å². The summed E-state index contributed by atoms with van der Waals surface area (Å²) in [6.07, 6.45) is 0. The van der Waals surface area contributed by atoms with Crippen molar-refractivity contribution in [3.8, 4) is 6.07 Å². The van der Waals surface area contributed by atoms with E-state index >= 15 is 0 Å². The number of hydrogen-bond donors (Lipinski definition) is 1. The van der Waals surface area contributed by atoms with Gasteiger partial charge in [0.25, 0.3) is 0 Å². The first-order valence-corrected chi connectivity index (χ1v) is 6.26. The average molecular weight is 306 g/mol. The summed E-state index contributed by atoms with van der Waals surface area (Å²) in [7, 11) is 0. The van der Waals surface area contributed by atoms with E-state index in [1.807, 2.05) is 6.07 Å². The fourth-order valence-corrected chi connectivity index (χ4v) is 1.97. The van der Waals surface area contributed by atoms with E-state index in [-0.39, 0.29) is 12.1 Å². The molecule has 0 heterocycles. The van der Waals surface area contributed by atoms with Crippen molar-refractivity contribution < 1.29 is 9.31 Å². The molecule has 5 nitrogen and oxygen atoms in total. The highest BCUT2D eigenvalue weighted by molar-refractivity contribution is 6.30. The Morgan fingerprint density at radius 1 is 1.38 bits per heavy atom. The summed E-state index contributed by atoms with van der Waals surface area (Å²) in [6.45, 7) is 0.00252. The van der Waals surface area contributed by atoms with Crippen LogP contribution in [0.4, 0.5) is 15.8 Å². The van der Waals surface area contributed by atoms with Gasteiger partial charge in [0.2, 0.25) is 5.82 Å². The first-order valence-electron chi connectivity index (χ1n) is 5.88. The zero-order valence-electron chi connectivity index (χ0n) is 10.6. The molecule has 0 aromatic heterocycles. The Balaban J connectivity index is 2.25. The predicted molar refractivity (Wildman–Crippen MR) is 76.5 cm³/mol. The number of nitro groups is 1. The fourth-order valence-electron chi connectivity index (χ4n) is 1.79. The van der Waals surface area contributed by atoms with Crippen LogP contribution in [0.2, 0.25) is 5.02 Å². The van der Waals surface area contributed by atoms with Gasteiger partial charge in [-0.25, -0.2) is 0 Å². The normalized spacial score (nSPS) is 9.95. The number of rotatable bonds is 4. The van der Waals surface area contributed by atoms with Crippen LogP contribution in [0, 0.1) is 27.3 Å². The van der Waals surface area contributed by atoms with Gasteiger partial charge in [-0.05, 0) is 18.2 Å². The van der Waals surface area contributed by atoms with E-state index in [9.17, 15) is 14.5 Å². The minimum absolute atomic E-state index is 0.00252. The maximum absolute atomic E-state index is 13.9. The van der Waals surface area contributed by atoms with Crippen LogP contribution in [0.5, 0.6) is 0 Å². The van der Waals surface area contributed by atoms with Crippen LogP contribution in [-0.4, -0.2) is 4.92 Å². The summed E-state index contributed by atoms with van der Waals surface area (Å²) < 4.78 is 13.9. The molecule has 2 aromatic rings. The van der Waals surface area contributed by atoms with Crippen molar-refractivity contribution in [2.24, 2.45) is 0 Å². The van der Waals surface area contributed by atoms with Crippen LogP contribution < -0.4 is 5.32 Å². The monoisotopic (exact) mass is 305 g/mol. The predicted octanol–water partition coefficient (Wildman–Crippen LogP) is 3.87. The molecule has 0 aliphatic carbocycles. The smallest absolute Gasteiger partial charge is 0.305 e. The topological polar surface area (TPSA) is 79.0 Å². The Morgan fingerprint density at radius 2 is 2.14 bits per heavy atom. The second kappa shape index (κ2) is 6.20. The summed E-state index contributed by atoms with van der Waals surface area (Å²) in [5, 5.41) is 22.9. The van der Waals surface area contributed by atoms with Gasteiger partial charge in [-0.1, -0.05) is 23.7 Å². The Labute approximate surface area is 124 Å². The molecule has 0 bridgehead atoms. The third-order valence-electron chi connectivity index (χ3n) is 2.83. The Bertz CT molecular complexity index is 743. The van der Waals surface area contributed by atoms with E-state index < -0.39 is 16.4 Å². The molecule has 106 valence electrons. The molecule has 0 saturated heterocycles. The number of hydrogen-bond acceptors (Lipinski definition) is 4. The number of nitrogens with one attached hydrogen (secondary N) is 1. The maximum atomic E-state index is 13.9. The van der Waals surface area contributed by atoms with Gasteiger partial charge in [0, 0.05) is 23.2 Å². The van der Waals surface area contributed by atoms with Crippen LogP contribution in [0.1, 0.15) is 11.1 Å². The quantitative estimate of drug-likeness (QED) is 0.687. The lowest BCUT2D eigenvalue weighted by Crippen LogP contribution is -2.05. The van der Waals surface area contributed by atoms with Gasteiger partial charge in [0.05, 0.1) is 16.2 Å². The summed E-state index contributed by atoms with van der Waals surface area (Å²) in [4.78, 5) is 9.90. The van der Waals surface area contributed by atoms with Gasteiger partial charge in [-0.2, -0.15) is 9.65 Å². The highest BCUT2D eigenvalue weighted by atomic mass is 35.5. The molecule has 2 aromatic carbocycles. The molecule has 0 amide bonds. The molecule has 21 heavy (non-hydrogen) atoms. The summed E-state index contributed by atoms with van der Waals surface area (Å²) >= 11 is 5.84. The molecule has 0 aliphatic rings. The maximum Gasteiger partial charge on any atom is 0.305 e. The van der Waals surface area contributed by atoms with E-state index in [4.69, 9.17) is 16.9 Å². The van der Waals surface area contributed by atoms with Gasteiger partial charge in [-0.3, -0.25) is 10.1 Å². The van der Waals surface area contributed by atoms with Crippen molar-refractivity contribution in [2.45, 2.75) is 6.54 Å². The standard InChI is InChI=1S/C14H9ClFN3O2/c15-11-5-4-9(7-17)12(6-11)18-8-10-2-1-3-13(14(10)16)19(20)21/h1-6,18H,8H2. The molecule has 2 rings (SSSR count). The molecule has 0 radical (unpaired) electrons. The van der Waals surface area contributed by atoms with E-state index in [0.717, 1.165) is 6.07 Å². The van der Waals surface area contributed by atoms with Crippen molar-refractivity contribution in [1.29, 1.82) is 5.26 Å². The Hall–Kier alpha value is -2.65. The Morgan fingerprint density at radius 3 is 2.81 bits per heavy atom. The molecular weight excluding hydrogens is 297 g/mol. The third kappa shape index (κ3) is 3.27. The molecule has 0 atom stereocenters. The van der Waals surface area contributed by atoms with Crippen LogP contribution in [-0.2, 0) is 6.54 Å². The zero-order valence-corrected chi connectivity index (χ0v) is 11.4. The summed E-state index contributed by atoms with van der Waals surface area (Å²) in [6, 6.07) is 10.6. The van der Waals surface area contributed by atoms with Crippen molar-refractivity contribution in [2.75, 3.05) is 5.32 Å². The largest absolute Gasteiger partial charge is 0.380 e. The van der Waals surface area contributed by atoms with E-state index in [0.29, 0.717) is 16.3 Å². The number of halogens is 2. The minimum Gasteiger partial charge on any atom is -0.380 e. The number of nitriles is 1. The second-order valence-electron chi connectivity index (χ2n) is 4.16. The molecular formula is C14H9ClFN3O2. The number of anilines is 1. The van der Waals surface area contributed by atoms with Crippen LogP contribution >= 0.6 is 11.6 Å². The van der Waals surface area contributed by atoms with Gasteiger partial charge in [0.1, 0.15) is 6.07 Å². The second-order valence-corrected chi connectivity index (χ2v) is 4.60. The molecule has 0 spiro atoms. The lowest BCUT2D eigenvalue weighted by atomic mass is 10.1. The first-order chi connectivity index (χ1) is 10.0. The summed E-state index contributed by atoms with van der Waals surface area (Å²) in [5.41, 5.74) is 0.343. The van der Waals surface area contributed by atoms with Crippen molar-refractivity contribution in [1.82, 2.24) is 0 Å². The average Bonchev–Trinajstić information content (AvgIpc) is 2.46. The fraction of sp³-hybridized carbons (Fsp3) is 0.0714. The summed E-state index contributed by atoms with van der Waals surface area (Å²) in [5.74, 6) is -0.893. The Kier molecular flexibility index (Phi) is 4.36. The van der Waals surface area contributed by atoms with Crippen LogP contribution in [0.15, 0.2) is 36.4 Å². The SMILES string of the molecule is N#Cc1ccc(Cl)cc1NCc1cccc([N+](=O)[O-])c1F. The zero-order chi connectivity index (χ0) is 15.4. The van der Waals surface area contributed by atoms with E-state index in [2.05, 4.69) is 5.32 Å². The van der Waals surface area contributed by atoms with E-state index in [1.54, 1.807) is 6.07 Å².